The van der Waals surface area contributed by atoms with Gasteiger partial charge in [0.2, 0.25) is 0 Å². The zero-order valence-electron chi connectivity index (χ0n) is 3.83. The number of hydrogen-bond donors (Lipinski definition) is 1. The minimum absolute atomic E-state index is 1.35. The van der Waals surface area contributed by atoms with E-state index >= 15 is 0 Å². The van der Waals surface area contributed by atoms with Gasteiger partial charge in [-0.2, -0.15) is 5.26 Å². The van der Waals surface area contributed by atoms with Crippen LogP contribution >= 0.6 is 0 Å². The van der Waals surface area contributed by atoms with Crippen LogP contribution in [-0.4, -0.2) is 0 Å². The molecule has 0 aliphatic heterocycles. The minimum atomic E-state index is 1.35. The van der Waals surface area contributed by atoms with E-state index in [4.69, 9.17) is 11.0 Å². The average Bonchev–Trinajstić information content (AvgIpc) is 1.69. The van der Waals surface area contributed by atoms with Crippen molar-refractivity contribution >= 4 is 0 Å². The van der Waals surface area contributed by atoms with Crippen LogP contribution in [0, 0.1) is 11.3 Å². The third-order valence-electron chi connectivity index (χ3n) is 0.393. The Bertz CT molecular complexity index is 117. The van der Waals surface area contributed by atoms with Crippen molar-refractivity contribution in [1.82, 2.24) is 0 Å². The van der Waals surface area contributed by atoms with Crippen LogP contribution in [0.25, 0.3) is 0 Å². The topological polar surface area (TPSA) is 49.8 Å². The lowest BCUT2D eigenvalue weighted by Gasteiger charge is -1.62. The maximum absolute atomic E-state index is 7.88. The van der Waals surface area contributed by atoms with Crippen molar-refractivity contribution in [2.45, 2.75) is 0 Å². The lowest BCUT2D eigenvalue weighted by atomic mass is 10.5. The number of nitriles is 1. The molecule has 2 heteroatoms. The summed E-state index contributed by atoms with van der Waals surface area (Å²) in [5, 5.41) is 7.88. The van der Waals surface area contributed by atoms with Gasteiger partial charge in [0, 0.05) is 6.08 Å². The highest BCUT2D eigenvalue weighted by atomic mass is 14.5. The Morgan fingerprint density at radius 2 is 2.14 bits per heavy atom. The molecule has 0 atom stereocenters. The van der Waals surface area contributed by atoms with Gasteiger partial charge in [0.15, 0.2) is 0 Å². The maximum Gasteiger partial charge on any atom is 0.0912 e. The molecule has 0 bridgehead atoms. The predicted molar refractivity (Wildman–Crippen MR) is 28.1 cm³/mol. The van der Waals surface area contributed by atoms with Crippen LogP contribution in [0.5, 0.6) is 0 Å². The average molecular weight is 94.1 g/mol. The third kappa shape index (κ3) is 4.77. The molecule has 0 aliphatic rings. The molecule has 0 aromatic carbocycles. The molecule has 0 saturated heterocycles. The van der Waals surface area contributed by atoms with Gasteiger partial charge in [-0.1, -0.05) is 6.08 Å². The Hall–Kier alpha value is -1.23. The summed E-state index contributed by atoms with van der Waals surface area (Å²) in [5.74, 6) is 0. The standard InChI is InChI=1S/C5H6N2/c6-4-2-1-3-5-7/h1-4H,6H2. The fraction of sp³-hybridized carbons (Fsp3) is 0. The number of rotatable bonds is 1. The van der Waals surface area contributed by atoms with Crippen molar-refractivity contribution in [3.8, 4) is 6.07 Å². The second-order valence-electron chi connectivity index (χ2n) is 0.873. The van der Waals surface area contributed by atoms with E-state index in [9.17, 15) is 0 Å². The maximum atomic E-state index is 7.88. The molecule has 0 radical (unpaired) electrons. The van der Waals surface area contributed by atoms with Crippen LogP contribution in [-0.2, 0) is 0 Å². The Kier molecular flexibility index (Phi) is 3.93. The van der Waals surface area contributed by atoms with E-state index < -0.39 is 0 Å². The lowest BCUT2D eigenvalue weighted by Crippen LogP contribution is -1.71. The Labute approximate surface area is 42.6 Å². The smallest absolute Gasteiger partial charge is 0.0912 e. The lowest BCUT2D eigenvalue weighted by molar-refractivity contribution is 1.53. The highest BCUT2D eigenvalue weighted by molar-refractivity contribution is 5.10. The molecule has 0 rings (SSSR count). The van der Waals surface area contributed by atoms with Crippen LogP contribution in [0.1, 0.15) is 0 Å². The monoisotopic (exact) mass is 94.1 g/mol. The van der Waals surface area contributed by atoms with Crippen LogP contribution in [0.4, 0.5) is 0 Å². The highest BCUT2D eigenvalue weighted by Crippen LogP contribution is 1.68. The molecule has 2 nitrogen and oxygen atoms in total. The second kappa shape index (κ2) is 4.77. The molecule has 2 N–H and O–H groups in total. The van der Waals surface area contributed by atoms with E-state index in [1.165, 1.54) is 12.3 Å². The number of nitrogens with zero attached hydrogens (tertiary/aromatic N) is 1. The predicted octanol–water partition coefficient (Wildman–Crippen LogP) is 0.539. The Morgan fingerprint density at radius 1 is 1.43 bits per heavy atom. The van der Waals surface area contributed by atoms with E-state index in [0.717, 1.165) is 0 Å². The third-order valence-corrected chi connectivity index (χ3v) is 0.393. The van der Waals surface area contributed by atoms with Gasteiger partial charge in [-0.25, -0.2) is 0 Å². The first-order valence-corrected chi connectivity index (χ1v) is 1.85. The van der Waals surface area contributed by atoms with Crippen LogP contribution in [0.15, 0.2) is 24.4 Å². The van der Waals surface area contributed by atoms with E-state index in [1.807, 2.05) is 6.07 Å². The molecule has 0 fully saturated rings. The largest absolute Gasteiger partial charge is 0.405 e. The van der Waals surface area contributed by atoms with Gasteiger partial charge in [-0.15, -0.1) is 0 Å². The zero-order valence-corrected chi connectivity index (χ0v) is 3.83. The van der Waals surface area contributed by atoms with Gasteiger partial charge in [-0.3, -0.25) is 0 Å². The van der Waals surface area contributed by atoms with Crippen molar-refractivity contribution in [3.05, 3.63) is 24.4 Å². The van der Waals surface area contributed by atoms with Gasteiger partial charge in [0.25, 0.3) is 0 Å². The summed E-state index contributed by atoms with van der Waals surface area (Å²) in [5.41, 5.74) is 4.93. The van der Waals surface area contributed by atoms with Gasteiger partial charge in [-0.05, 0) is 12.3 Å². The fourth-order valence-corrected chi connectivity index (χ4v) is 0.163. The molecule has 0 spiro atoms. The van der Waals surface area contributed by atoms with Gasteiger partial charge in [0.05, 0.1) is 6.07 Å². The highest BCUT2D eigenvalue weighted by Gasteiger charge is 1.54. The van der Waals surface area contributed by atoms with Crippen molar-refractivity contribution in [3.63, 3.8) is 0 Å². The summed E-state index contributed by atoms with van der Waals surface area (Å²) in [6, 6.07) is 1.82. The quantitative estimate of drug-likeness (QED) is 0.381. The summed E-state index contributed by atoms with van der Waals surface area (Å²) in [6.45, 7) is 0. The molecule has 7 heavy (non-hydrogen) atoms. The van der Waals surface area contributed by atoms with Crippen LogP contribution in [0.3, 0.4) is 0 Å². The number of nitrogens with two attached hydrogens (primary N) is 1. The van der Waals surface area contributed by atoms with Crippen LogP contribution in [0.2, 0.25) is 0 Å². The van der Waals surface area contributed by atoms with Gasteiger partial charge < -0.3 is 5.73 Å². The van der Waals surface area contributed by atoms with Gasteiger partial charge in [0.1, 0.15) is 0 Å². The summed E-state index contributed by atoms with van der Waals surface area (Å²) in [7, 11) is 0. The van der Waals surface area contributed by atoms with Crippen molar-refractivity contribution in [2.24, 2.45) is 5.73 Å². The molecule has 0 saturated carbocycles. The number of allylic oxidation sites excluding steroid dienone is 3. The summed E-state index contributed by atoms with van der Waals surface area (Å²) < 4.78 is 0. The summed E-state index contributed by atoms with van der Waals surface area (Å²) in [4.78, 5) is 0. The first kappa shape index (κ1) is 5.77. The molecular weight excluding hydrogens is 88.1 g/mol. The van der Waals surface area contributed by atoms with Crippen molar-refractivity contribution < 1.29 is 0 Å². The van der Waals surface area contributed by atoms with Crippen molar-refractivity contribution in [1.29, 1.82) is 5.26 Å². The fourth-order valence-electron chi connectivity index (χ4n) is 0.163. The van der Waals surface area contributed by atoms with E-state index in [-0.39, 0.29) is 0 Å². The molecule has 0 aliphatic carbocycles. The summed E-state index contributed by atoms with van der Waals surface area (Å²) in [6.07, 6.45) is 5.88. The first-order chi connectivity index (χ1) is 3.41. The molecule has 0 aromatic heterocycles. The summed E-state index contributed by atoms with van der Waals surface area (Å²) >= 11 is 0. The minimum Gasteiger partial charge on any atom is -0.405 e. The van der Waals surface area contributed by atoms with E-state index in [2.05, 4.69) is 0 Å². The molecule has 0 unspecified atom stereocenters. The van der Waals surface area contributed by atoms with E-state index in [0.29, 0.717) is 0 Å². The van der Waals surface area contributed by atoms with Crippen LogP contribution < -0.4 is 5.73 Å². The SMILES string of the molecule is N#CC=CC=CN. The number of hydrogen-bond acceptors (Lipinski definition) is 2. The Balaban J connectivity index is 3.33. The Morgan fingerprint density at radius 3 is 2.57 bits per heavy atom. The molecular formula is C5H6N2. The molecule has 36 valence electrons. The first-order valence-electron chi connectivity index (χ1n) is 1.85. The van der Waals surface area contributed by atoms with E-state index in [1.54, 1.807) is 12.2 Å². The normalized spacial score (nSPS) is 10.1. The second-order valence-corrected chi connectivity index (χ2v) is 0.873. The molecule has 0 amide bonds. The molecule has 0 aromatic rings. The van der Waals surface area contributed by atoms with Crippen molar-refractivity contribution in [2.75, 3.05) is 0 Å². The van der Waals surface area contributed by atoms with Gasteiger partial charge >= 0.3 is 0 Å². The molecule has 0 heterocycles. The zero-order chi connectivity index (χ0) is 5.54.